The number of likely N-dealkylation sites (tertiary alicyclic amines) is 1. The highest BCUT2D eigenvalue weighted by Gasteiger charge is 2.32. The van der Waals surface area contributed by atoms with Crippen LogP contribution >= 0.6 is 0 Å². The topological polar surface area (TPSA) is 24.5 Å². The first-order valence-corrected chi connectivity index (χ1v) is 8.10. The highest BCUT2D eigenvalue weighted by Crippen LogP contribution is 2.29. The number of rotatable bonds is 9. The van der Waals surface area contributed by atoms with Gasteiger partial charge in [0.2, 0.25) is 0 Å². The van der Waals surface area contributed by atoms with E-state index < -0.39 is 0 Å². The zero-order chi connectivity index (χ0) is 13.7. The van der Waals surface area contributed by atoms with Gasteiger partial charge < -0.3 is 15.0 Å². The second-order valence-electron chi connectivity index (χ2n) is 7.06. The summed E-state index contributed by atoms with van der Waals surface area (Å²) >= 11 is 0. The normalized spacial score (nSPS) is 27.6. The quantitative estimate of drug-likeness (QED) is 0.695. The average molecular weight is 268 g/mol. The molecule has 2 unspecified atom stereocenters. The molecule has 1 N–H and O–H groups in total. The summed E-state index contributed by atoms with van der Waals surface area (Å²) in [5.74, 6) is 0.757. The van der Waals surface area contributed by atoms with Crippen molar-refractivity contribution in [2.45, 2.75) is 52.0 Å². The molecule has 19 heavy (non-hydrogen) atoms. The maximum Gasteiger partial charge on any atom is 0.0503 e. The van der Waals surface area contributed by atoms with Crippen LogP contribution in [0, 0.1) is 11.3 Å². The molecule has 0 amide bonds. The van der Waals surface area contributed by atoms with E-state index in [9.17, 15) is 0 Å². The fourth-order valence-electron chi connectivity index (χ4n) is 3.47. The first kappa shape index (κ1) is 15.3. The summed E-state index contributed by atoms with van der Waals surface area (Å²) in [7, 11) is 1.82. The molecule has 112 valence electrons. The smallest absolute Gasteiger partial charge is 0.0503 e. The van der Waals surface area contributed by atoms with Crippen LogP contribution in [0.15, 0.2) is 0 Å². The van der Waals surface area contributed by atoms with Crippen molar-refractivity contribution in [3.63, 3.8) is 0 Å². The number of hydrogen-bond donors (Lipinski definition) is 1. The van der Waals surface area contributed by atoms with Crippen LogP contribution in [0.5, 0.6) is 0 Å². The lowest BCUT2D eigenvalue weighted by molar-refractivity contribution is 0.137. The van der Waals surface area contributed by atoms with Crippen molar-refractivity contribution in [2.24, 2.45) is 11.3 Å². The first-order chi connectivity index (χ1) is 9.15. The highest BCUT2D eigenvalue weighted by molar-refractivity contribution is 4.88. The van der Waals surface area contributed by atoms with Crippen molar-refractivity contribution in [2.75, 3.05) is 39.9 Å². The lowest BCUT2D eigenvalue weighted by Crippen LogP contribution is -2.42. The van der Waals surface area contributed by atoms with E-state index in [0.29, 0.717) is 5.41 Å². The van der Waals surface area contributed by atoms with Crippen LogP contribution in [-0.4, -0.2) is 50.8 Å². The molecule has 0 aromatic rings. The van der Waals surface area contributed by atoms with Crippen molar-refractivity contribution in [3.8, 4) is 0 Å². The third-order valence-corrected chi connectivity index (χ3v) is 4.63. The minimum absolute atomic E-state index is 0.444. The van der Waals surface area contributed by atoms with Gasteiger partial charge in [0.25, 0.3) is 0 Å². The summed E-state index contributed by atoms with van der Waals surface area (Å²) in [6.07, 6.45) is 6.71. The monoisotopic (exact) mass is 268 g/mol. The Balaban J connectivity index is 1.78. The molecule has 2 fully saturated rings. The van der Waals surface area contributed by atoms with Gasteiger partial charge in [-0.1, -0.05) is 20.3 Å². The van der Waals surface area contributed by atoms with Gasteiger partial charge in [-0.2, -0.15) is 0 Å². The summed E-state index contributed by atoms with van der Waals surface area (Å²) in [5.41, 5.74) is 0.444. The molecule has 1 aliphatic heterocycles. The molecule has 2 aliphatic rings. The summed E-state index contributed by atoms with van der Waals surface area (Å²) in [4.78, 5) is 2.66. The molecule has 2 atom stereocenters. The highest BCUT2D eigenvalue weighted by atomic mass is 16.5. The fourth-order valence-corrected chi connectivity index (χ4v) is 3.47. The largest absolute Gasteiger partial charge is 0.384 e. The lowest BCUT2D eigenvalue weighted by Gasteiger charge is -2.34. The molecule has 2 rings (SSSR count). The van der Waals surface area contributed by atoms with E-state index in [1.165, 1.54) is 58.3 Å². The maximum atomic E-state index is 5.30. The second kappa shape index (κ2) is 7.05. The van der Waals surface area contributed by atoms with Crippen LogP contribution in [0.1, 0.15) is 46.0 Å². The SMILES string of the molecule is CCCC(C)(CNC1CC1)CN1CCC(COC)C1. The zero-order valence-corrected chi connectivity index (χ0v) is 13.1. The standard InChI is InChI=1S/C16H32N2O/c1-4-8-16(2,12-17-15-5-6-15)13-18-9-7-14(10-18)11-19-3/h14-15,17H,4-13H2,1-3H3. The summed E-state index contributed by atoms with van der Waals surface area (Å²) < 4.78 is 5.30. The average Bonchev–Trinajstić information content (AvgIpc) is 3.10. The number of hydrogen-bond acceptors (Lipinski definition) is 3. The molecule has 1 aliphatic carbocycles. The summed E-state index contributed by atoms with van der Waals surface area (Å²) in [6, 6.07) is 0.830. The molecule has 1 saturated heterocycles. The van der Waals surface area contributed by atoms with E-state index >= 15 is 0 Å². The Kier molecular flexibility index (Phi) is 5.67. The van der Waals surface area contributed by atoms with Crippen molar-refractivity contribution in [1.82, 2.24) is 10.2 Å². The molecule has 3 heteroatoms. The molecule has 0 aromatic carbocycles. The first-order valence-electron chi connectivity index (χ1n) is 8.10. The van der Waals surface area contributed by atoms with Gasteiger partial charge in [-0.3, -0.25) is 0 Å². The Morgan fingerprint density at radius 2 is 2.11 bits per heavy atom. The molecule has 0 radical (unpaired) electrons. The number of nitrogens with one attached hydrogen (secondary N) is 1. The third-order valence-electron chi connectivity index (χ3n) is 4.63. The predicted molar refractivity (Wildman–Crippen MR) is 80.5 cm³/mol. The molecule has 3 nitrogen and oxygen atoms in total. The van der Waals surface area contributed by atoms with Gasteiger partial charge >= 0.3 is 0 Å². The van der Waals surface area contributed by atoms with E-state index in [-0.39, 0.29) is 0 Å². The Morgan fingerprint density at radius 3 is 2.74 bits per heavy atom. The summed E-state index contributed by atoms with van der Waals surface area (Å²) in [5, 5.41) is 3.74. The van der Waals surface area contributed by atoms with E-state index in [1.807, 2.05) is 7.11 Å². The molecular formula is C16H32N2O. The Bertz CT molecular complexity index is 267. The van der Waals surface area contributed by atoms with Crippen LogP contribution in [0.4, 0.5) is 0 Å². The summed E-state index contributed by atoms with van der Waals surface area (Å²) in [6.45, 7) is 10.6. The maximum absolute atomic E-state index is 5.30. The Hall–Kier alpha value is -0.120. The minimum atomic E-state index is 0.444. The second-order valence-corrected chi connectivity index (χ2v) is 7.06. The Labute approximate surface area is 119 Å². The predicted octanol–water partition coefficient (Wildman–Crippen LogP) is 2.51. The number of ether oxygens (including phenoxy) is 1. The van der Waals surface area contributed by atoms with Crippen molar-refractivity contribution >= 4 is 0 Å². The molecule has 0 spiro atoms. The number of nitrogens with zero attached hydrogens (tertiary/aromatic N) is 1. The van der Waals surface area contributed by atoms with E-state index in [2.05, 4.69) is 24.1 Å². The molecule has 0 aromatic heterocycles. The van der Waals surface area contributed by atoms with Crippen LogP contribution < -0.4 is 5.32 Å². The minimum Gasteiger partial charge on any atom is -0.384 e. The van der Waals surface area contributed by atoms with Crippen LogP contribution in [0.2, 0.25) is 0 Å². The third kappa shape index (κ3) is 5.05. The van der Waals surface area contributed by atoms with Gasteiger partial charge in [-0.15, -0.1) is 0 Å². The molecule has 0 bridgehead atoms. The van der Waals surface area contributed by atoms with Gasteiger partial charge in [-0.05, 0) is 43.6 Å². The number of methoxy groups -OCH3 is 1. The van der Waals surface area contributed by atoms with Gasteiger partial charge in [0.05, 0.1) is 6.61 Å². The molecule has 1 saturated carbocycles. The van der Waals surface area contributed by atoms with E-state index in [1.54, 1.807) is 0 Å². The van der Waals surface area contributed by atoms with Gasteiger partial charge in [0.15, 0.2) is 0 Å². The zero-order valence-electron chi connectivity index (χ0n) is 13.1. The van der Waals surface area contributed by atoms with Crippen molar-refractivity contribution in [1.29, 1.82) is 0 Å². The van der Waals surface area contributed by atoms with Crippen LogP contribution in [0.25, 0.3) is 0 Å². The van der Waals surface area contributed by atoms with Crippen molar-refractivity contribution in [3.05, 3.63) is 0 Å². The molecule has 1 heterocycles. The van der Waals surface area contributed by atoms with Gasteiger partial charge in [0, 0.05) is 32.8 Å². The van der Waals surface area contributed by atoms with Gasteiger partial charge in [0.1, 0.15) is 0 Å². The molecular weight excluding hydrogens is 236 g/mol. The van der Waals surface area contributed by atoms with Crippen LogP contribution in [0.3, 0.4) is 0 Å². The van der Waals surface area contributed by atoms with E-state index in [0.717, 1.165) is 18.6 Å². The van der Waals surface area contributed by atoms with E-state index in [4.69, 9.17) is 4.74 Å². The van der Waals surface area contributed by atoms with Gasteiger partial charge in [-0.25, -0.2) is 0 Å². The Morgan fingerprint density at radius 1 is 1.32 bits per heavy atom. The fraction of sp³-hybridized carbons (Fsp3) is 1.00. The van der Waals surface area contributed by atoms with Crippen LogP contribution in [-0.2, 0) is 4.74 Å². The lowest BCUT2D eigenvalue weighted by atomic mass is 9.84. The van der Waals surface area contributed by atoms with Crippen molar-refractivity contribution < 1.29 is 4.74 Å².